The lowest BCUT2D eigenvalue weighted by Crippen LogP contribution is -2.33. The van der Waals surface area contributed by atoms with Crippen LogP contribution in [0.3, 0.4) is 0 Å². The van der Waals surface area contributed by atoms with E-state index in [-0.39, 0.29) is 0 Å². The van der Waals surface area contributed by atoms with Crippen LogP contribution < -0.4 is 0 Å². The van der Waals surface area contributed by atoms with Gasteiger partial charge in [-0.2, -0.15) is 0 Å². The molecule has 2 rings (SSSR count). The normalized spacial score (nSPS) is 23.4. The van der Waals surface area contributed by atoms with Gasteiger partial charge in [0, 0.05) is 26.2 Å². The molecular weight excluding hydrogens is 360 g/mol. The van der Waals surface area contributed by atoms with E-state index < -0.39 is 0 Å². The van der Waals surface area contributed by atoms with Crippen LogP contribution in [0.4, 0.5) is 0 Å². The number of ether oxygens (including phenoxy) is 2. The van der Waals surface area contributed by atoms with Crippen LogP contribution in [0.1, 0.15) is 110 Å². The van der Waals surface area contributed by atoms with E-state index in [9.17, 15) is 0 Å². The Hall–Kier alpha value is -0.160. The zero-order valence-electron chi connectivity index (χ0n) is 19.7. The van der Waals surface area contributed by atoms with Crippen LogP contribution in [-0.4, -0.2) is 61.6 Å². The van der Waals surface area contributed by atoms with Crippen molar-refractivity contribution in [2.75, 3.05) is 39.4 Å². The molecule has 2 aliphatic rings. The Kier molecular flexibility index (Phi) is 14.3. The molecule has 2 aliphatic heterocycles. The molecule has 2 atom stereocenters. The van der Waals surface area contributed by atoms with E-state index in [2.05, 4.69) is 23.6 Å². The van der Waals surface area contributed by atoms with Gasteiger partial charge in [-0.25, -0.2) is 0 Å². The Bertz CT molecular complexity index is 346. The summed E-state index contributed by atoms with van der Waals surface area (Å²) in [5, 5.41) is 0. The molecule has 4 nitrogen and oxygen atoms in total. The third-order valence-electron chi connectivity index (χ3n) is 6.69. The van der Waals surface area contributed by atoms with Gasteiger partial charge in [0.15, 0.2) is 0 Å². The SMILES string of the molecule is CCCCCCCCN1CCOC1CCCC1OCCN1CCCCCCCC. The van der Waals surface area contributed by atoms with Gasteiger partial charge >= 0.3 is 0 Å². The van der Waals surface area contributed by atoms with Crippen molar-refractivity contribution in [2.45, 2.75) is 123 Å². The molecule has 0 aromatic rings. The Morgan fingerprint density at radius 2 is 0.966 bits per heavy atom. The quantitative estimate of drug-likeness (QED) is 0.251. The van der Waals surface area contributed by atoms with Gasteiger partial charge in [0.25, 0.3) is 0 Å². The number of hydrogen-bond donors (Lipinski definition) is 0. The molecule has 0 saturated carbocycles. The van der Waals surface area contributed by atoms with E-state index in [4.69, 9.17) is 9.47 Å². The van der Waals surface area contributed by atoms with Crippen LogP contribution in [0.15, 0.2) is 0 Å². The summed E-state index contributed by atoms with van der Waals surface area (Å²) in [4.78, 5) is 5.17. The van der Waals surface area contributed by atoms with Crippen molar-refractivity contribution in [1.82, 2.24) is 9.80 Å². The maximum Gasteiger partial charge on any atom is 0.110 e. The van der Waals surface area contributed by atoms with Crippen molar-refractivity contribution < 1.29 is 9.47 Å². The second-order valence-electron chi connectivity index (χ2n) is 9.19. The molecule has 0 bridgehead atoms. The summed E-state index contributed by atoms with van der Waals surface area (Å²) in [5.74, 6) is 0. The Morgan fingerprint density at radius 1 is 0.552 bits per heavy atom. The molecule has 0 aromatic carbocycles. The predicted molar refractivity (Wildman–Crippen MR) is 123 cm³/mol. The van der Waals surface area contributed by atoms with Gasteiger partial charge in [-0.05, 0) is 32.1 Å². The van der Waals surface area contributed by atoms with E-state index in [1.165, 1.54) is 109 Å². The minimum absolute atomic E-state index is 0.360. The molecular formula is C25H50N2O2. The molecule has 0 amide bonds. The first-order valence-corrected chi connectivity index (χ1v) is 13.1. The van der Waals surface area contributed by atoms with Gasteiger partial charge in [0.2, 0.25) is 0 Å². The van der Waals surface area contributed by atoms with Crippen molar-refractivity contribution in [1.29, 1.82) is 0 Å². The lowest BCUT2D eigenvalue weighted by Gasteiger charge is -2.25. The number of rotatable bonds is 18. The highest BCUT2D eigenvalue weighted by Crippen LogP contribution is 2.22. The third-order valence-corrected chi connectivity index (χ3v) is 6.69. The maximum absolute atomic E-state index is 6.04. The van der Waals surface area contributed by atoms with Crippen molar-refractivity contribution in [3.05, 3.63) is 0 Å². The second kappa shape index (κ2) is 16.5. The first-order valence-electron chi connectivity index (χ1n) is 13.1. The zero-order valence-corrected chi connectivity index (χ0v) is 19.7. The van der Waals surface area contributed by atoms with Crippen molar-refractivity contribution in [3.8, 4) is 0 Å². The first-order chi connectivity index (χ1) is 14.3. The molecule has 2 saturated heterocycles. The van der Waals surface area contributed by atoms with Gasteiger partial charge in [0.1, 0.15) is 12.5 Å². The minimum Gasteiger partial charge on any atom is -0.362 e. The van der Waals surface area contributed by atoms with Gasteiger partial charge in [0.05, 0.1) is 13.2 Å². The lowest BCUT2D eigenvalue weighted by molar-refractivity contribution is 0.00379. The monoisotopic (exact) mass is 410 g/mol. The molecule has 0 spiro atoms. The van der Waals surface area contributed by atoms with Crippen LogP contribution in [0.2, 0.25) is 0 Å². The smallest absolute Gasteiger partial charge is 0.110 e. The van der Waals surface area contributed by atoms with Crippen LogP contribution in [0.5, 0.6) is 0 Å². The fraction of sp³-hybridized carbons (Fsp3) is 1.00. The molecule has 2 unspecified atom stereocenters. The predicted octanol–water partition coefficient (Wildman–Crippen LogP) is 6.19. The van der Waals surface area contributed by atoms with Crippen molar-refractivity contribution >= 4 is 0 Å². The highest BCUT2D eigenvalue weighted by Gasteiger charge is 2.27. The fourth-order valence-electron chi connectivity index (χ4n) is 4.81. The molecule has 0 aromatic heterocycles. The Balaban J connectivity index is 1.53. The van der Waals surface area contributed by atoms with Crippen LogP contribution in [-0.2, 0) is 9.47 Å². The molecule has 2 heterocycles. The van der Waals surface area contributed by atoms with Gasteiger partial charge in [-0.3, -0.25) is 9.80 Å². The summed E-state index contributed by atoms with van der Waals surface area (Å²) < 4.78 is 12.1. The lowest BCUT2D eigenvalue weighted by atomic mass is 10.1. The molecule has 0 N–H and O–H groups in total. The average molecular weight is 411 g/mol. The van der Waals surface area contributed by atoms with Crippen molar-refractivity contribution in [3.63, 3.8) is 0 Å². The van der Waals surface area contributed by atoms with E-state index in [0.717, 1.165) is 26.3 Å². The molecule has 172 valence electrons. The summed E-state index contributed by atoms with van der Waals surface area (Å²) in [7, 11) is 0. The summed E-state index contributed by atoms with van der Waals surface area (Å²) in [6, 6.07) is 0. The van der Waals surface area contributed by atoms with Gasteiger partial charge in [-0.15, -0.1) is 0 Å². The number of unbranched alkanes of at least 4 members (excludes halogenated alkanes) is 10. The minimum atomic E-state index is 0.360. The fourth-order valence-corrected chi connectivity index (χ4v) is 4.81. The second-order valence-corrected chi connectivity index (χ2v) is 9.19. The summed E-state index contributed by atoms with van der Waals surface area (Å²) >= 11 is 0. The van der Waals surface area contributed by atoms with E-state index in [1.54, 1.807) is 0 Å². The summed E-state index contributed by atoms with van der Waals surface area (Å²) in [6.45, 7) is 11.1. The standard InChI is InChI=1S/C25H50N2O2/c1-3-5-7-9-11-13-18-26-20-22-28-24(26)16-15-17-25-27(21-23-29-25)19-14-12-10-8-6-4-2/h24-25H,3-23H2,1-2H3. The number of nitrogens with zero attached hydrogens (tertiary/aromatic N) is 2. The Labute approximate surface area is 181 Å². The van der Waals surface area contributed by atoms with Crippen molar-refractivity contribution in [2.24, 2.45) is 0 Å². The Morgan fingerprint density at radius 3 is 1.41 bits per heavy atom. The zero-order chi connectivity index (χ0) is 20.6. The van der Waals surface area contributed by atoms with E-state index in [1.807, 2.05) is 0 Å². The molecule has 2 fully saturated rings. The summed E-state index contributed by atoms with van der Waals surface area (Å²) in [6.07, 6.45) is 20.8. The topological polar surface area (TPSA) is 24.9 Å². The first kappa shape index (κ1) is 25.1. The number of hydrogen-bond acceptors (Lipinski definition) is 4. The van der Waals surface area contributed by atoms with Crippen LogP contribution >= 0.6 is 0 Å². The molecule has 0 aliphatic carbocycles. The van der Waals surface area contributed by atoms with E-state index in [0.29, 0.717) is 12.5 Å². The van der Waals surface area contributed by atoms with Gasteiger partial charge in [-0.1, -0.05) is 78.1 Å². The van der Waals surface area contributed by atoms with Gasteiger partial charge < -0.3 is 9.47 Å². The highest BCUT2D eigenvalue weighted by atomic mass is 16.5. The molecule has 0 radical (unpaired) electrons. The maximum atomic E-state index is 6.04. The van der Waals surface area contributed by atoms with E-state index >= 15 is 0 Å². The summed E-state index contributed by atoms with van der Waals surface area (Å²) in [5.41, 5.74) is 0. The highest BCUT2D eigenvalue weighted by molar-refractivity contribution is 4.74. The molecule has 29 heavy (non-hydrogen) atoms. The largest absolute Gasteiger partial charge is 0.362 e. The average Bonchev–Trinajstić information content (AvgIpc) is 3.37. The van der Waals surface area contributed by atoms with Crippen LogP contribution in [0, 0.1) is 0 Å². The third kappa shape index (κ3) is 10.6. The molecule has 4 heteroatoms. The van der Waals surface area contributed by atoms with Crippen LogP contribution in [0.25, 0.3) is 0 Å².